The Labute approximate surface area is 209 Å². The lowest BCUT2D eigenvalue weighted by atomic mass is 10.2. The van der Waals surface area contributed by atoms with Crippen LogP contribution in [0, 0.1) is 6.92 Å². The van der Waals surface area contributed by atoms with Crippen LogP contribution in [0.1, 0.15) is 5.56 Å². The highest BCUT2D eigenvalue weighted by Gasteiger charge is 2.14. The van der Waals surface area contributed by atoms with Crippen LogP contribution in [-0.2, 0) is 47.5 Å². The van der Waals surface area contributed by atoms with Gasteiger partial charge >= 0.3 is 0 Å². The quantitative estimate of drug-likeness (QED) is 0.108. The van der Waals surface area contributed by atoms with Gasteiger partial charge in [-0.15, -0.1) is 6.58 Å². The van der Waals surface area contributed by atoms with Gasteiger partial charge in [-0.05, 0) is 19.1 Å². The van der Waals surface area contributed by atoms with Gasteiger partial charge in [-0.1, -0.05) is 23.8 Å². The summed E-state index contributed by atoms with van der Waals surface area (Å²) in [6, 6.07) is 6.48. The van der Waals surface area contributed by atoms with Crippen LogP contribution >= 0.6 is 0 Å². The molecular weight excluding hydrogens is 480 g/mol. The second kappa shape index (κ2) is 21.8. The minimum atomic E-state index is -3.76. The number of hydrogen-bond acceptors (Lipinski definition) is 10. The molecule has 10 nitrogen and oxygen atoms in total. The molecule has 0 atom stereocenters. The van der Waals surface area contributed by atoms with Gasteiger partial charge in [0.1, 0.15) is 0 Å². The van der Waals surface area contributed by atoms with Crippen molar-refractivity contribution in [3.63, 3.8) is 0 Å². The Bertz CT molecular complexity index is 724. The predicted molar refractivity (Wildman–Crippen MR) is 130 cm³/mol. The standard InChI is InChI=1S/C24H40O10S/c1-3-8-27-9-10-28-11-12-29-13-14-30-15-16-31-17-18-32-19-20-33-21-22-34-35(25,26)24-6-4-23(2)5-7-24/h3-7H,1,8-22H2,2H3. The molecule has 1 rings (SSSR count). The molecule has 0 radical (unpaired) electrons. The molecule has 1 aromatic carbocycles. The number of aryl methyl sites for hydroxylation is 1. The van der Waals surface area contributed by atoms with E-state index in [0.29, 0.717) is 85.9 Å². The fourth-order valence-corrected chi connectivity index (χ4v) is 3.35. The first-order valence-corrected chi connectivity index (χ1v) is 13.1. The second-order valence-electron chi connectivity index (χ2n) is 7.13. The molecule has 0 bridgehead atoms. The molecule has 202 valence electrons. The van der Waals surface area contributed by atoms with Crippen LogP contribution in [0.4, 0.5) is 0 Å². The van der Waals surface area contributed by atoms with Crippen molar-refractivity contribution < 1.29 is 45.8 Å². The van der Waals surface area contributed by atoms with E-state index in [2.05, 4.69) is 6.58 Å². The summed E-state index contributed by atoms with van der Waals surface area (Å²) in [6.07, 6.45) is 1.70. The Morgan fingerprint density at radius 2 is 0.943 bits per heavy atom. The number of benzene rings is 1. The van der Waals surface area contributed by atoms with Crippen LogP contribution in [0.15, 0.2) is 41.8 Å². The lowest BCUT2D eigenvalue weighted by Gasteiger charge is -2.09. The molecule has 0 saturated carbocycles. The molecule has 0 aliphatic heterocycles. The molecule has 0 heterocycles. The van der Waals surface area contributed by atoms with Gasteiger partial charge in [-0.25, -0.2) is 0 Å². The van der Waals surface area contributed by atoms with E-state index in [1.807, 2.05) is 6.92 Å². The van der Waals surface area contributed by atoms with Gasteiger partial charge < -0.3 is 33.2 Å². The van der Waals surface area contributed by atoms with E-state index in [1.54, 1.807) is 18.2 Å². The van der Waals surface area contributed by atoms with Gasteiger partial charge in [0.05, 0.1) is 104 Å². The molecule has 35 heavy (non-hydrogen) atoms. The SMILES string of the molecule is C=CCOCCOCCOCCOCCOCCOCCOCCOS(=O)(=O)c1ccc(C)cc1. The summed E-state index contributed by atoms with van der Waals surface area (Å²) < 4.78 is 66.4. The smallest absolute Gasteiger partial charge is 0.297 e. The first kappa shape index (κ1) is 31.6. The number of hydrogen-bond donors (Lipinski definition) is 0. The Hall–Kier alpha value is -1.41. The molecule has 0 saturated heterocycles. The van der Waals surface area contributed by atoms with E-state index in [1.165, 1.54) is 12.1 Å². The topological polar surface area (TPSA) is 108 Å². The van der Waals surface area contributed by atoms with E-state index in [4.69, 9.17) is 37.3 Å². The monoisotopic (exact) mass is 520 g/mol. The summed E-state index contributed by atoms with van der Waals surface area (Å²) in [5.74, 6) is 0. The number of ether oxygens (including phenoxy) is 7. The Kier molecular flexibility index (Phi) is 19.7. The van der Waals surface area contributed by atoms with Gasteiger partial charge in [0.15, 0.2) is 0 Å². The zero-order valence-corrected chi connectivity index (χ0v) is 21.5. The van der Waals surface area contributed by atoms with Crippen molar-refractivity contribution in [3.05, 3.63) is 42.5 Å². The van der Waals surface area contributed by atoms with Crippen molar-refractivity contribution in [2.45, 2.75) is 11.8 Å². The molecule has 0 fully saturated rings. The van der Waals surface area contributed by atoms with E-state index in [-0.39, 0.29) is 18.1 Å². The molecule has 0 aliphatic rings. The zero-order chi connectivity index (χ0) is 25.5. The fraction of sp³-hybridized carbons (Fsp3) is 0.667. The van der Waals surface area contributed by atoms with Crippen molar-refractivity contribution >= 4 is 10.1 Å². The lowest BCUT2D eigenvalue weighted by Crippen LogP contribution is -2.15. The number of rotatable bonds is 25. The maximum absolute atomic E-state index is 12.0. The minimum Gasteiger partial charge on any atom is -0.377 e. The van der Waals surface area contributed by atoms with Crippen LogP contribution in [0.2, 0.25) is 0 Å². The summed E-state index contributed by atoms with van der Waals surface area (Å²) >= 11 is 0. The fourth-order valence-electron chi connectivity index (χ4n) is 2.46. The van der Waals surface area contributed by atoms with Crippen LogP contribution in [0.3, 0.4) is 0 Å². The maximum Gasteiger partial charge on any atom is 0.297 e. The predicted octanol–water partition coefficient (Wildman–Crippen LogP) is 2.00. The first-order valence-electron chi connectivity index (χ1n) is 11.7. The van der Waals surface area contributed by atoms with Crippen LogP contribution < -0.4 is 0 Å². The highest BCUT2D eigenvalue weighted by atomic mass is 32.2. The maximum atomic E-state index is 12.0. The van der Waals surface area contributed by atoms with Crippen molar-refractivity contribution in [3.8, 4) is 0 Å². The molecule has 0 amide bonds. The van der Waals surface area contributed by atoms with Gasteiger partial charge in [0.2, 0.25) is 0 Å². The molecular formula is C24H40O10S. The van der Waals surface area contributed by atoms with Gasteiger partial charge in [-0.3, -0.25) is 4.18 Å². The third-order valence-corrected chi connectivity index (χ3v) is 5.57. The van der Waals surface area contributed by atoms with Crippen LogP contribution in [0.25, 0.3) is 0 Å². The normalized spacial score (nSPS) is 11.7. The molecule has 1 aromatic rings. The molecule has 0 aliphatic carbocycles. The van der Waals surface area contributed by atoms with E-state index in [0.717, 1.165) is 5.56 Å². The highest BCUT2D eigenvalue weighted by Crippen LogP contribution is 2.12. The average Bonchev–Trinajstić information content (AvgIpc) is 2.84. The van der Waals surface area contributed by atoms with Gasteiger partial charge in [0.25, 0.3) is 10.1 Å². The summed E-state index contributed by atoms with van der Waals surface area (Å²) in [5.41, 5.74) is 0.979. The first-order chi connectivity index (χ1) is 17.1. The molecule has 0 unspecified atom stereocenters. The van der Waals surface area contributed by atoms with E-state index in [9.17, 15) is 8.42 Å². The summed E-state index contributed by atoms with van der Waals surface area (Å²) in [6.45, 7) is 11.8. The van der Waals surface area contributed by atoms with E-state index >= 15 is 0 Å². The van der Waals surface area contributed by atoms with Gasteiger partial charge in [0, 0.05) is 0 Å². The summed E-state index contributed by atoms with van der Waals surface area (Å²) in [5, 5.41) is 0. The van der Waals surface area contributed by atoms with Crippen molar-refractivity contribution in [2.24, 2.45) is 0 Å². The summed E-state index contributed by atoms with van der Waals surface area (Å²) in [4.78, 5) is 0.132. The molecule has 0 aromatic heterocycles. The van der Waals surface area contributed by atoms with Crippen molar-refractivity contribution in [1.82, 2.24) is 0 Å². The van der Waals surface area contributed by atoms with Crippen molar-refractivity contribution in [1.29, 1.82) is 0 Å². The van der Waals surface area contributed by atoms with E-state index < -0.39 is 10.1 Å². The average molecular weight is 521 g/mol. The zero-order valence-electron chi connectivity index (χ0n) is 20.7. The van der Waals surface area contributed by atoms with Crippen LogP contribution in [-0.4, -0.2) is 108 Å². The highest BCUT2D eigenvalue weighted by molar-refractivity contribution is 7.86. The molecule has 11 heteroatoms. The Balaban J connectivity index is 1.77. The molecule has 0 N–H and O–H groups in total. The van der Waals surface area contributed by atoms with Crippen LogP contribution in [0.5, 0.6) is 0 Å². The van der Waals surface area contributed by atoms with Gasteiger partial charge in [-0.2, -0.15) is 8.42 Å². The third-order valence-electron chi connectivity index (χ3n) is 4.24. The summed E-state index contributed by atoms with van der Waals surface area (Å²) in [7, 11) is -3.76. The molecule has 0 spiro atoms. The lowest BCUT2D eigenvalue weighted by molar-refractivity contribution is -0.0205. The van der Waals surface area contributed by atoms with Crippen molar-refractivity contribution in [2.75, 3.05) is 99.1 Å². The Morgan fingerprint density at radius 1 is 0.600 bits per heavy atom. The second-order valence-corrected chi connectivity index (χ2v) is 8.74. The third kappa shape index (κ3) is 18.5. The Morgan fingerprint density at radius 3 is 1.31 bits per heavy atom. The minimum absolute atomic E-state index is 0.0516. The largest absolute Gasteiger partial charge is 0.377 e.